The van der Waals surface area contributed by atoms with Gasteiger partial charge in [0.1, 0.15) is 4.88 Å². The number of fused-ring (bicyclic) bond motifs is 1. The summed E-state index contributed by atoms with van der Waals surface area (Å²) in [6.07, 6.45) is 2.11. The Bertz CT molecular complexity index is 1380. The van der Waals surface area contributed by atoms with E-state index in [2.05, 4.69) is 22.7 Å². The van der Waals surface area contributed by atoms with Crippen molar-refractivity contribution in [2.45, 2.75) is 40.2 Å². The summed E-state index contributed by atoms with van der Waals surface area (Å²) in [5.74, 6) is -0.547. The lowest BCUT2D eigenvalue weighted by Crippen LogP contribution is -2.14. The number of carbonyl (C=O) groups is 2. The predicted molar refractivity (Wildman–Crippen MR) is 141 cm³/mol. The van der Waals surface area contributed by atoms with Gasteiger partial charge in [-0.25, -0.2) is 0 Å². The van der Waals surface area contributed by atoms with Crippen LogP contribution in [0, 0.1) is 13.8 Å². The van der Waals surface area contributed by atoms with Crippen LogP contribution in [0.4, 0.5) is 11.4 Å². The van der Waals surface area contributed by atoms with Gasteiger partial charge < -0.3 is 10.6 Å². The number of amides is 2. The van der Waals surface area contributed by atoms with Crippen LogP contribution in [0.5, 0.6) is 0 Å². The standard InChI is InChI=1S/C25H24Cl2N4O2S/c1-4-5-12-31-15(3)22(14(2)30-31)29-24(32)16-6-9-18(10-7-16)28-25(33)23-21(27)19-11-8-17(26)13-20(19)34-23/h6-11,13H,4-5,12H2,1-3H3,(H,28,33)(H,29,32). The minimum atomic E-state index is -0.315. The Balaban J connectivity index is 1.45. The number of aryl methyl sites for hydroxylation is 2. The molecule has 0 radical (unpaired) electrons. The Labute approximate surface area is 211 Å². The Morgan fingerprint density at radius 3 is 2.47 bits per heavy atom. The molecule has 4 aromatic rings. The first-order chi connectivity index (χ1) is 16.3. The second-order valence-electron chi connectivity index (χ2n) is 7.99. The first-order valence-electron chi connectivity index (χ1n) is 10.9. The molecule has 6 nitrogen and oxygen atoms in total. The number of aromatic nitrogens is 2. The van der Waals surface area contributed by atoms with E-state index >= 15 is 0 Å². The molecule has 0 aliphatic rings. The number of nitrogens with zero attached hydrogens (tertiary/aromatic N) is 2. The summed E-state index contributed by atoms with van der Waals surface area (Å²) in [7, 11) is 0. The molecule has 176 valence electrons. The van der Waals surface area contributed by atoms with Gasteiger partial charge in [-0.1, -0.05) is 42.6 Å². The maximum atomic E-state index is 12.8. The van der Waals surface area contributed by atoms with Crippen LogP contribution in [-0.4, -0.2) is 21.6 Å². The lowest BCUT2D eigenvalue weighted by Gasteiger charge is -2.08. The number of hydrogen-bond acceptors (Lipinski definition) is 4. The number of anilines is 2. The molecule has 2 amide bonds. The summed E-state index contributed by atoms with van der Waals surface area (Å²) in [6, 6.07) is 12.1. The summed E-state index contributed by atoms with van der Waals surface area (Å²) in [5, 5.41) is 12.1. The van der Waals surface area contributed by atoms with Gasteiger partial charge in [-0.05, 0) is 56.7 Å². The Kier molecular flexibility index (Phi) is 7.26. The molecule has 34 heavy (non-hydrogen) atoms. The molecule has 0 atom stereocenters. The number of carbonyl (C=O) groups excluding carboxylic acids is 2. The number of unbranched alkanes of at least 4 members (excludes halogenated alkanes) is 1. The van der Waals surface area contributed by atoms with E-state index in [9.17, 15) is 9.59 Å². The van der Waals surface area contributed by atoms with Crippen LogP contribution >= 0.6 is 34.5 Å². The molecule has 0 aliphatic carbocycles. The fourth-order valence-corrected chi connectivity index (χ4v) is 5.36. The molecule has 2 heterocycles. The lowest BCUT2D eigenvalue weighted by atomic mass is 10.2. The maximum Gasteiger partial charge on any atom is 0.267 e. The van der Waals surface area contributed by atoms with Crippen LogP contribution in [0.15, 0.2) is 42.5 Å². The molecule has 2 aromatic heterocycles. The molecule has 0 saturated carbocycles. The van der Waals surface area contributed by atoms with Crippen LogP contribution in [0.25, 0.3) is 10.1 Å². The summed E-state index contributed by atoms with van der Waals surface area (Å²) in [4.78, 5) is 26.0. The summed E-state index contributed by atoms with van der Waals surface area (Å²) in [5.41, 5.74) is 3.50. The number of thiophene rings is 1. The Morgan fingerprint density at radius 1 is 1.03 bits per heavy atom. The van der Waals surface area contributed by atoms with Crippen LogP contribution in [0.2, 0.25) is 10.0 Å². The van der Waals surface area contributed by atoms with Crippen molar-refractivity contribution in [1.82, 2.24) is 9.78 Å². The molecule has 0 spiro atoms. The minimum Gasteiger partial charge on any atom is -0.321 e. The molecule has 2 N–H and O–H groups in total. The number of halogens is 2. The van der Waals surface area contributed by atoms with Crippen molar-refractivity contribution in [3.63, 3.8) is 0 Å². The largest absolute Gasteiger partial charge is 0.321 e. The second kappa shape index (κ2) is 10.2. The molecule has 0 aliphatic heterocycles. The normalized spacial score (nSPS) is 11.1. The van der Waals surface area contributed by atoms with Crippen molar-refractivity contribution in [3.8, 4) is 0 Å². The number of benzene rings is 2. The van der Waals surface area contributed by atoms with Gasteiger partial charge >= 0.3 is 0 Å². The number of hydrogen-bond donors (Lipinski definition) is 2. The minimum absolute atomic E-state index is 0.233. The van der Waals surface area contributed by atoms with Crippen molar-refractivity contribution < 1.29 is 9.59 Å². The third-order valence-electron chi connectivity index (χ3n) is 5.55. The van der Waals surface area contributed by atoms with Crippen LogP contribution in [0.1, 0.15) is 51.2 Å². The zero-order chi connectivity index (χ0) is 24.4. The van der Waals surface area contributed by atoms with Gasteiger partial charge in [0.25, 0.3) is 11.8 Å². The van der Waals surface area contributed by atoms with Crippen molar-refractivity contribution >= 4 is 67.8 Å². The van der Waals surface area contributed by atoms with Gasteiger partial charge in [0, 0.05) is 32.9 Å². The maximum absolute atomic E-state index is 12.8. The molecule has 0 unspecified atom stereocenters. The molecule has 2 aromatic carbocycles. The van der Waals surface area contributed by atoms with E-state index in [-0.39, 0.29) is 11.8 Å². The smallest absolute Gasteiger partial charge is 0.267 e. The van der Waals surface area contributed by atoms with Crippen molar-refractivity contribution in [2.24, 2.45) is 0 Å². The first kappa shape index (κ1) is 24.3. The highest BCUT2D eigenvalue weighted by molar-refractivity contribution is 7.21. The van der Waals surface area contributed by atoms with Gasteiger partial charge in [0.2, 0.25) is 0 Å². The fraction of sp³-hybridized carbons (Fsp3) is 0.240. The molecular formula is C25H24Cl2N4O2S. The van der Waals surface area contributed by atoms with Gasteiger partial charge in [0.15, 0.2) is 0 Å². The van der Waals surface area contributed by atoms with E-state index < -0.39 is 0 Å². The SMILES string of the molecule is CCCCn1nc(C)c(NC(=O)c2ccc(NC(=O)c3sc4cc(Cl)ccc4c3Cl)cc2)c1C. The average molecular weight is 515 g/mol. The molecular weight excluding hydrogens is 491 g/mol. The zero-order valence-corrected chi connectivity index (χ0v) is 21.4. The van der Waals surface area contributed by atoms with Crippen molar-refractivity contribution in [2.75, 3.05) is 10.6 Å². The molecule has 4 rings (SSSR count). The first-order valence-corrected chi connectivity index (χ1v) is 12.5. The summed E-state index contributed by atoms with van der Waals surface area (Å²) in [6.45, 7) is 6.80. The summed E-state index contributed by atoms with van der Waals surface area (Å²) < 4.78 is 2.78. The third-order valence-corrected chi connectivity index (χ3v) is 7.44. The number of rotatable bonds is 7. The van der Waals surface area contributed by atoms with Crippen LogP contribution in [-0.2, 0) is 6.54 Å². The summed E-state index contributed by atoms with van der Waals surface area (Å²) >= 11 is 13.7. The average Bonchev–Trinajstić information content (AvgIpc) is 3.28. The predicted octanol–water partition coefficient (Wildman–Crippen LogP) is 7.33. The third kappa shape index (κ3) is 4.97. The Hall–Kier alpha value is -2.87. The van der Waals surface area contributed by atoms with E-state index in [4.69, 9.17) is 23.2 Å². The molecule has 0 bridgehead atoms. The van der Waals surface area contributed by atoms with E-state index in [0.717, 1.165) is 46.5 Å². The molecule has 9 heteroatoms. The topological polar surface area (TPSA) is 76.0 Å². The van der Waals surface area contributed by atoms with Crippen LogP contribution < -0.4 is 10.6 Å². The van der Waals surface area contributed by atoms with Crippen molar-refractivity contribution in [1.29, 1.82) is 0 Å². The zero-order valence-electron chi connectivity index (χ0n) is 19.0. The molecule has 0 saturated heterocycles. The van der Waals surface area contributed by atoms with Gasteiger partial charge in [-0.3, -0.25) is 14.3 Å². The van der Waals surface area contributed by atoms with Crippen molar-refractivity contribution in [3.05, 3.63) is 74.3 Å². The van der Waals surface area contributed by atoms with E-state index in [1.807, 2.05) is 18.5 Å². The highest BCUT2D eigenvalue weighted by Crippen LogP contribution is 2.37. The monoisotopic (exact) mass is 514 g/mol. The van der Waals surface area contributed by atoms with Gasteiger partial charge in [-0.15, -0.1) is 11.3 Å². The highest BCUT2D eigenvalue weighted by Gasteiger charge is 2.18. The lowest BCUT2D eigenvalue weighted by molar-refractivity contribution is 0.102. The van der Waals surface area contributed by atoms with Gasteiger partial charge in [0.05, 0.1) is 22.1 Å². The van der Waals surface area contributed by atoms with E-state index in [0.29, 0.717) is 26.2 Å². The Morgan fingerprint density at radius 2 is 1.76 bits per heavy atom. The highest BCUT2D eigenvalue weighted by atomic mass is 35.5. The molecule has 0 fully saturated rings. The number of nitrogens with one attached hydrogen (secondary N) is 2. The van der Waals surface area contributed by atoms with Crippen LogP contribution in [0.3, 0.4) is 0 Å². The van der Waals surface area contributed by atoms with E-state index in [1.165, 1.54) is 11.3 Å². The fourth-order valence-electron chi connectivity index (χ4n) is 3.67. The van der Waals surface area contributed by atoms with E-state index in [1.54, 1.807) is 42.5 Å². The van der Waals surface area contributed by atoms with Gasteiger partial charge in [-0.2, -0.15) is 5.10 Å². The quantitative estimate of drug-likeness (QED) is 0.271. The second-order valence-corrected chi connectivity index (χ2v) is 9.86.